The summed E-state index contributed by atoms with van der Waals surface area (Å²) in [5, 5.41) is 2.26. The molecule has 9 nitrogen and oxygen atoms in total. The Kier molecular flexibility index (Phi) is 4.83. The van der Waals surface area contributed by atoms with Crippen molar-refractivity contribution in [2.24, 2.45) is 0 Å². The number of ether oxygens (including phenoxy) is 2. The first-order valence-corrected chi connectivity index (χ1v) is 11.0. The zero-order valence-electron chi connectivity index (χ0n) is 22.3. The van der Waals surface area contributed by atoms with Gasteiger partial charge in [0, 0.05) is 30.6 Å². The highest BCUT2D eigenvalue weighted by Crippen LogP contribution is 2.34. The molecule has 1 unspecified atom stereocenters. The Bertz CT molecular complexity index is 1340. The number of rotatable bonds is 6. The topological polar surface area (TPSA) is 105 Å². The highest BCUT2D eigenvalue weighted by molar-refractivity contribution is 6.05. The quantitative estimate of drug-likeness (QED) is 0.644. The molecule has 2 aromatic rings. The fourth-order valence-corrected chi connectivity index (χ4v) is 4.27. The second-order valence-corrected chi connectivity index (χ2v) is 8.30. The van der Waals surface area contributed by atoms with Crippen LogP contribution in [0.25, 0.3) is 0 Å². The standard InChI is InChI=1S/C25H25N3O6/c29-22-9-8-20(24(31)26-22)28-13-19-18(25(28)32)2-1-3-21(19)34-14-17-6-4-16(5-7-17)12-27-10-11-33-15-23(27)30/h1-7,20H,8-15H2,(H,26,29,31)/i4D,5D,6D,7D. The summed E-state index contributed by atoms with van der Waals surface area (Å²) in [4.78, 5) is 51.8. The van der Waals surface area contributed by atoms with E-state index in [1.54, 1.807) is 18.2 Å². The number of piperidine rings is 1. The average Bonchev–Trinajstić information content (AvgIpc) is 3.23. The number of morpholine rings is 1. The van der Waals surface area contributed by atoms with Gasteiger partial charge in [-0.15, -0.1) is 0 Å². The Morgan fingerprint density at radius 2 is 1.91 bits per heavy atom. The molecule has 0 radical (unpaired) electrons. The van der Waals surface area contributed by atoms with Gasteiger partial charge in [0.1, 0.15) is 25.0 Å². The molecule has 1 N–H and O–H groups in total. The first-order valence-electron chi connectivity index (χ1n) is 13.0. The largest absolute Gasteiger partial charge is 0.489 e. The number of nitrogens with one attached hydrogen (secondary N) is 1. The van der Waals surface area contributed by atoms with Gasteiger partial charge in [0.2, 0.25) is 17.7 Å². The van der Waals surface area contributed by atoms with Crippen LogP contribution < -0.4 is 10.1 Å². The minimum Gasteiger partial charge on any atom is -0.489 e. The maximum absolute atomic E-state index is 13.0. The lowest BCUT2D eigenvalue weighted by atomic mass is 10.0. The van der Waals surface area contributed by atoms with E-state index in [2.05, 4.69) is 5.32 Å². The first kappa shape index (κ1) is 17.7. The van der Waals surface area contributed by atoms with Gasteiger partial charge in [-0.25, -0.2) is 0 Å². The molecule has 5 rings (SSSR count). The summed E-state index contributed by atoms with van der Waals surface area (Å²) in [5.74, 6) is -1.20. The van der Waals surface area contributed by atoms with Gasteiger partial charge >= 0.3 is 0 Å². The molecule has 3 aliphatic rings. The summed E-state index contributed by atoms with van der Waals surface area (Å²) >= 11 is 0. The molecule has 176 valence electrons. The highest BCUT2D eigenvalue weighted by Gasteiger charge is 2.40. The van der Waals surface area contributed by atoms with Crippen molar-refractivity contribution >= 4 is 23.6 Å². The summed E-state index contributed by atoms with van der Waals surface area (Å²) in [6, 6.07) is 3.07. The third kappa shape index (κ3) is 4.38. The SMILES string of the molecule is [2H]c1c([2H])c(CN2CCOCC2=O)c([2H])c([2H])c1COc1cccc2c1CN(C1CCC(=O)NC1=O)C2=O. The third-order valence-corrected chi connectivity index (χ3v) is 6.07. The van der Waals surface area contributed by atoms with Crippen LogP contribution in [-0.2, 0) is 38.8 Å². The van der Waals surface area contributed by atoms with Gasteiger partial charge in [0.15, 0.2) is 0 Å². The van der Waals surface area contributed by atoms with E-state index < -0.39 is 11.9 Å². The van der Waals surface area contributed by atoms with Crippen molar-refractivity contribution in [1.82, 2.24) is 15.1 Å². The third-order valence-electron chi connectivity index (χ3n) is 6.07. The lowest BCUT2D eigenvalue weighted by molar-refractivity contribution is -0.143. The van der Waals surface area contributed by atoms with E-state index in [0.717, 1.165) is 0 Å². The Balaban J connectivity index is 1.36. The van der Waals surface area contributed by atoms with Crippen LogP contribution in [0, 0.1) is 0 Å². The number of carbonyl (C=O) groups excluding carboxylic acids is 4. The number of nitrogens with zero attached hydrogens (tertiary/aromatic N) is 2. The Hall–Kier alpha value is -3.72. The zero-order valence-corrected chi connectivity index (χ0v) is 18.3. The molecule has 2 saturated heterocycles. The highest BCUT2D eigenvalue weighted by atomic mass is 16.5. The number of fused-ring (bicyclic) bond motifs is 1. The second-order valence-electron chi connectivity index (χ2n) is 8.30. The molecule has 4 amide bonds. The van der Waals surface area contributed by atoms with E-state index >= 15 is 0 Å². The molecule has 3 aliphatic heterocycles. The van der Waals surface area contributed by atoms with Gasteiger partial charge in [-0.2, -0.15) is 0 Å². The number of imide groups is 1. The van der Waals surface area contributed by atoms with Gasteiger partial charge in [-0.05, 0) is 29.7 Å². The predicted molar refractivity (Wildman–Crippen MR) is 119 cm³/mol. The number of carbonyl (C=O) groups is 4. The maximum atomic E-state index is 13.0. The van der Waals surface area contributed by atoms with Crippen molar-refractivity contribution in [2.45, 2.75) is 38.6 Å². The molecule has 2 fully saturated rings. The van der Waals surface area contributed by atoms with Gasteiger partial charge in [0.05, 0.1) is 18.6 Å². The lowest BCUT2D eigenvalue weighted by Gasteiger charge is -2.29. The van der Waals surface area contributed by atoms with E-state index in [-0.39, 0.29) is 92.2 Å². The molecular formula is C25H25N3O6. The van der Waals surface area contributed by atoms with Gasteiger partial charge in [-0.3, -0.25) is 24.5 Å². The number of amides is 4. The fraction of sp³-hybridized carbons (Fsp3) is 0.360. The minimum absolute atomic E-state index is 0.0426. The Labute approximate surface area is 202 Å². The Morgan fingerprint density at radius 3 is 2.68 bits per heavy atom. The van der Waals surface area contributed by atoms with Crippen LogP contribution in [-0.4, -0.2) is 59.2 Å². The van der Waals surface area contributed by atoms with Crippen molar-refractivity contribution in [3.8, 4) is 5.75 Å². The van der Waals surface area contributed by atoms with E-state index in [9.17, 15) is 19.2 Å². The smallest absolute Gasteiger partial charge is 0.255 e. The van der Waals surface area contributed by atoms with Crippen LogP contribution in [0.4, 0.5) is 0 Å². The van der Waals surface area contributed by atoms with Gasteiger partial charge in [0.25, 0.3) is 5.91 Å². The summed E-state index contributed by atoms with van der Waals surface area (Å²) in [7, 11) is 0. The van der Waals surface area contributed by atoms with Crippen LogP contribution in [0.15, 0.2) is 42.4 Å². The summed E-state index contributed by atoms with van der Waals surface area (Å²) in [6.45, 7) is 0.316. The molecule has 2 aromatic carbocycles. The van der Waals surface area contributed by atoms with Crippen LogP contribution >= 0.6 is 0 Å². The summed E-state index contributed by atoms with van der Waals surface area (Å²) < 4.78 is 44.8. The molecule has 9 heteroatoms. The molecule has 0 bridgehead atoms. The van der Waals surface area contributed by atoms with E-state index in [4.69, 9.17) is 15.0 Å². The summed E-state index contributed by atoms with van der Waals surface area (Å²) in [6.07, 6.45) is 0.366. The number of benzene rings is 2. The molecule has 0 saturated carbocycles. The minimum atomic E-state index is -0.775. The molecule has 34 heavy (non-hydrogen) atoms. The Morgan fingerprint density at radius 1 is 1.12 bits per heavy atom. The van der Waals surface area contributed by atoms with Crippen molar-refractivity contribution < 1.29 is 34.1 Å². The monoisotopic (exact) mass is 467 g/mol. The molecule has 0 aromatic heterocycles. The van der Waals surface area contributed by atoms with Crippen LogP contribution in [0.3, 0.4) is 0 Å². The van der Waals surface area contributed by atoms with Gasteiger partial charge in [-0.1, -0.05) is 30.2 Å². The van der Waals surface area contributed by atoms with E-state index in [0.29, 0.717) is 30.0 Å². The molecule has 3 heterocycles. The normalized spacial score (nSPS) is 22.1. The average molecular weight is 468 g/mol. The van der Waals surface area contributed by atoms with Crippen molar-refractivity contribution in [1.29, 1.82) is 0 Å². The van der Waals surface area contributed by atoms with Crippen LogP contribution in [0.1, 0.15) is 45.4 Å². The predicted octanol–water partition coefficient (Wildman–Crippen LogP) is 1.39. The van der Waals surface area contributed by atoms with Gasteiger partial charge < -0.3 is 19.3 Å². The zero-order chi connectivity index (χ0) is 27.1. The molecule has 0 aliphatic carbocycles. The molecular weight excluding hydrogens is 438 g/mol. The fourth-order valence-electron chi connectivity index (χ4n) is 4.27. The summed E-state index contributed by atoms with van der Waals surface area (Å²) in [5.41, 5.74) is 1.06. The second kappa shape index (κ2) is 9.26. The number of hydrogen-bond donors (Lipinski definition) is 1. The lowest BCUT2D eigenvalue weighted by Crippen LogP contribution is -2.52. The van der Waals surface area contributed by atoms with E-state index in [1.165, 1.54) is 9.80 Å². The van der Waals surface area contributed by atoms with Crippen LogP contribution in [0.5, 0.6) is 5.75 Å². The number of hydrogen-bond acceptors (Lipinski definition) is 6. The molecule has 0 spiro atoms. The van der Waals surface area contributed by atoms with Crippen molar-refractivity contribution in [3.63, 3.8) is 0 Å². The van der Waals surface area contributed by atoms with Crippen molar-refractivity contribution in [3.05, 3.63) is 64.6 Å². The van der Waals surface area contributed by atoms with E-state index in [1.807, 2.05) is 0 Å². The molecule has 1 atom stereocenters. The maximum Gasteiger partial charge on any atom is 0.255 e. The first-order chi connectivity index (χ1) is 18.2. The van der Waals surface area contributed by atoms with Crippen LogP contribution in [0.2, 0.25) is 0 Å². The van der Waals surface area contributed by atoms with Crippen molar-refractivity contribution in [2.75, 3.05) is 19.8 Å².